The van der Waals surface area contributed by atoms with Crippen molar-refractivity contribution in [1.29, 1.82) is 0 Å². The van der Waals surface area contributed by atoms with Gasteiger partial charge in [-0.1, -0.05) is 6.07 Å². The Morgan fingerprint density at radius 1 is 0.889 bits per heavy atom. The highest BCUT2D eigenvalue weighted by atomic mass is 19.1. The maximum atomic E-state index is 13.9. The van der Waals surface area contributed by atoms with E-state index in [1.54, 1.807) is 24.5 Å². The summed E-state index contributed by atoms with van der Waals surface area (Å²) in [6.45, 7) is 1.68. The number of aromatic nitrogens is 3. The van der Waals surface area contributed by atoms with Crippen molar-refractivity contribution in [2.45, 2.75) is 18.9 Å². The lowest BCUT2D eigenvalue weighted by molar-refractivity contribution is 0.522. The lowest BCUT2D eigenvalue weighted by Crippen LogP contribution is -2.39. The molecule has 2 aromatic heterocycles. The van der Waals surface area contributed by atoms with Gasteiger partial charge in [0.05, 0.1) is 11.3 Å². The molecular formula is C20H19F2N5. The fourth-order valence-electron chi connectivity index (χ4n) is 3.31. The first kappa shape index (κ1) is 17.3. The van der Waals surface area contributed by atoms with Crippen LogP contribution in [0.5, 0.6) is 0 Å². The zero-order valence-electron chi connectivity index (χ0n) is 14.6. The number of nitrogens with zero attached hydrogens (tertiary/aromatic N) is 4. The minimum absolute atomic E-state index is 0.142. The van der Waals surface area contributed by atoms with E-state index in [1.807, 2.05) is 12.1 Å². The van der Waals surface area contributed by atoms with Gasteiger partial charge < -0.3 is 10.2 Å². The smallest absolute Gasteiger partial charge is 0.151 e. The Kier molecular flexibility index (Phi) is 4.91. The molecule has 7 heteroatoms. The van der Waals surface area contributed by atoms with Crippen molar-refractivity contribution >= 4 is 11.5 Å². The first-order valence-corrected chi connectivity index (χ1v) is 8.90. The summed E-state index contributed by atoms with van der Waals surface area (Å²) >= 11 is 0. The maximum absolute atomic E-state index is 13.9. The summed E-state index contributed by atoms with van der Waals surface area (Å²) in [6, 6.07) is 11.5. The summed E-state index contributed by atoms with van der Waals surface area (Å²) in [5.74, 6) is -0.557. The summed E-state index contributed by atoms with van der Waals surface area (Å²) in [4.78, 5) is 6.16. The minimum Gasteiger partial charge on any atom is -0.382 e. The molecule has 1 aromatic carbocycles. The van der Waals surface area contributed by atoms with Crippen LogP contribution in [-0.2, 0) is 0 Å². The molecule has 1 fully saturated rings. The van der Waals surface area contributed by atoms with Crippen LogP contribution in [-0.4, -0.2) is 34.3 Å². The fourth-order valence-corrected chi connectivity index (χ4v) is 3.31. The van der Waals surface area contributed by atoms with E-state index in [9.17, 15) is 8.78 Å². The number of hydrogen-bond acceptors (Lipinski definition) is 5. The van der Waals surface area contributed by atoms with Gasteiger partial charge in [0.15, 0.2) is 5.82 Å². The van der Waals surface area contributed by atoms with Gasteiger partial charge in [-0.05, 0) is 49.2 Å². The minimum atomic E-state index is -0.639. The molecule has 0 aliphatic carbocycles. The molecule has 0 unspecified atom stereocenters. The molecule has 0 amide bonds. The van der Waals surface area contributed by atoms with Crippen molar-refractivity contribution in [3.8, 4) is 11.3 Å². The number of halogens is 2. The van der Waals surface area contributed by atoms with Gasteiger partial charge in [0, 0.05) is 37.2 Å². The summed E-state index contributed by atoms with van der Waals surface area (Å²) in [6.07, 6.45) is 5.47. The number of rotatable bonds is 4. The maximum Gasteiger partial charge on any atom is 0.151 e. The number of piperidine rings is 1. The molecule has 3 aromatic rings. The number of anilines is 2. The van der Waals surface area contributed by atoms with E-state index < -0.39 is 11.6 Å². The topological polar surface area (TPSA) is 53.9 Å². The highest BCUT2D eigenvalue weighted by Crippen LogP contribution is 2.26. The van der Waals surface area contributed by atoms with Crippen molar-refractivity contribution in [3.63, 3.8) is 0 Å². The van der Waals surface area contributed by atoms with Gasteiger partial charge in [0.2, 0.25) is 0 Å². The van der Waals surface area contributed by atoms with Crippen molar-refractivity contribution in [1.82, 2.24) is 15.2 Å². The van der Waals surface area contributed by atoms with Gasteiger partial charge in [-0.3, -0.25) is 4.98 Å². The zero-order valence-corrected chi connectivity index (χ0v) is 14.6. The van der Waals surface area contributed by atoms with Gasteiger partial charge in [0.25, 0.3) is 0 Å². The Hall–Kier alpha value is -3.09. The molecule has 0 radical (unpaired) electrons. The van der Waals surface area contributed by atoms with Crippen LogP contribution < -0.4 is 10.2 Å². The van der Waals surface area contributed by atoms with E-state index >= 15 is 0 Å². The molecule has 0 saturated carbocycles. The Morgan fingerprint density at radius 3 is 2.22 bits per heavy atom. The Morgan fingerprint density at radius 2 is 1.59 bits per heavy atom. The highest BCUT2D eigenvalue weighted by Gasteiger charge is 2.21. The average Bonchev–Trinajstić information content (AvgIpc) is 2.70. The predicted octanol–water partition coefficient (Wildman–Crippen LogP) is 3.90. The van der Waals surface area contributed by atoms with Crippen molar-refractivity contribution in [2.24, 2.45) is 0 Å². The van der Waals surface area contributed by atoms with Crippen LogP contribution in [0.2, 0.25) is 0 Å². The molecular weight excluding hydrogens is 348 g/mol. The van der Waals surface area contributed by atoms with Gasteiger partial charge in [-0.15, -0.1) is 10.2 Å². The second-order valence-electron chi connectivity index (χ2n) is 6.51. The molecule has 0 atom stereocenters. The molecule has 1 aliphatic rings. The summed E-state index contributed by atoms with van der Waals surface area (Å²) < 4.78 is 27.8. The number of nitrogens with one attached hydrogen (secondary N) is 1. The van der Waals surface area contributed by atoms with Crippen molar-refractivity contribution in [3.05, 3.63) is 66.5 Å². The predicted molar refractivity (Wildman–Crippen MR) is 100 cm³/mol. The molecule has 5 nitrogen and oxygen atoms in total. The fraction of sp³-hybridized carbons (Fsp3) is 0.250. The molecule has 4 rings (SSSR count). The summed E-state index contributed by atoms with van der Waals surface area (Å²) in [7, 11) is 0. The van der Waals surface area contributed by atoms with E-state index in [4.69, 9.17) is 0 Å². The van der Waals surface area contributed by atoms with E-state index in [1.165, 1.54) is 18.2 Å². The van der Waals surface area contributed by atoms with Gasteiger partial charge >= 0.3 is 0 Å². The second-order valence-corrected chi connectivity index (χ2v) is 6.51. The van der Waals surface area contributed by atoms with Crippen LogP contribution in [0.1, 0.15) is 12.8 Å². The Labute approximate surface area is 156 Å². The Bertz CT molecular complexity index is 874. The SMILES string of the molecule is Fc1cccc(F)c1-c1ccc(N2CCC(Nc3ccncc3)CC2)nn1. The summed E-state index contributed by atoms with van der Waals surface area (Å²) in [5, 5.41) is 11.7. The molecule has 0 spiro atoms. The molecule has 1 N–H and O–H groups in total. The molecule has 0 bridgehead atoms. The lowest BCUT2D eigenvalue weighted by atomic mass is 10.0. The van der Waals surface area contributed by atoms with Crippen molar-refractivity contribution in [2.75, 3.05) is 23.3 Å². The third kappa shape index (κ3) is 3.86. The zero-order chi connectivity index (χ0) is 18.6. The average molecular weight is 367 g/mol. The largest absolute Gasteiger partial charge is 0.382 e. The standard InChI is InChI=1S/C20H19F2N5/c21-16-2-1-3-17(22)20(16)18-4-5-19(26-25-18)27-12-8-15(9-13-27)24-14-6-10-23-11-7-14/h1-7,10-11,15H,8-9,12-13H2,(H,23,24). The number of hydrogen-bond donors (Lipinski definition) is 1. The van der Waals surface area contributed by atoms with Crippen LogP contribution in [0.3, 0.4) is 0 Å². The molecule has 1 saturated heterocycles. The van der Waals surface area contributed by atoms with Gasteiger partial charge in [-0.25, -0.2) is 8.78 Å². The third-order valence-electron chi connectivity index (χ3n) is 4.74. The van der Waals surface area contributed by atoms with E-state index in [0.29, 0.717) is 6.04 Å². The Balaban J connectivity index is 1.40. The molecule has 138 valence electrons. The third-order valence-corrected chi connectivity index (χ3v) is 4.74. The first-order chi connectivity index (χ1) is 13.2. The second kappa shape index (κ2) is 7.65. The van der Waals surface area contributed by atoms with E-state index in [0.717, 1.165) is 37.4 Å². The van der Waals surface area contributed by atoms with Crippen LogP contribution in [0.15, 0.2) is 54.9 Å². The van der Waals surface area contributed by atoms with Crippen LogP contribution >= 0.6 is 0 Å². The quantitative estimate of drug-likeness (QED) is 0.758. The van der Waals surface area contributed by atoms with E-state index in [-0.39, 0.29) is 11.3 Å². The first-order valence-electron chi connectivity index (χ1n) is 8.90. The highest BCUT2D eigenvalue weighted by molar-refractivity contribution is 5.61. The van der Waals surface area contributed by atoms with Crippen LogP contribution in [0.4, 0.5) is 20.3 Å². The molecule has 27 heavy (non-hydrogen) atoms. The van der Waals surface area contributed by atoms with Crippen LogP contribution in [0.25, 0.3) is 11.3 Å². The number of benzene rings is 1. The molecule has 1 aliphatic heterocycles. The van der Waals surface area contributed by atoms with Gasteiger partial charge in [0.1, 0.15) is 11.6 Å². The lowest BCUT2D eigenvalue weighted by Gasteiger charge is -2.33. The summed E-state index contributed by atoms with van der Waals surface area (Å²) in [5.41, 5.74) is 1.12. The monoisotopic (exact) mass is 367 g/mol. The normalized spacial score (nSPS) is 15.0. The van der Waals surface area contributed by atoms with Crippen molar-refractivity contribution < 1.29 is 8.78 Å². The molecule has 3 heterocycles. The van der Waals surface area contributed by atoms with E-state index in [2.05, 4.69) is 25.4 Å². The van der Waals surface area contributed by atoms with Crippen LogP contribution in [0, 0.1) is 11.6 Å². The van der Waals surface area contributed by atoms with Gasteiger partial charge in [-0.2, -0.15) is 0 Å². The number of pyridine rings is 1.